The zero-order chi connectivity index (χ0) is 12.7. The van der Waals surface area contributed by atoms with Crippen LogP contribution in [0.5, 0.6) is 5.75 Å². The van der Waals surface area contributed by atoms with Gasteiger partial charge in [-0.25, -0.2) is 4.39 Å². The first-order chi connectivity index (χ1) is 8.15. The molecule has 0 saturated carbocycles. The average Bonchev–Trinajstić information content (AvgIpc) is 2.34. The van der Waals surface area contributed by atoms with Gasteiger partial charge in [-0.05, 0) is 18.6 Å². The molecule has 0 unspecified atom stereocenters. The van der Waals surface area contributed by atoms with Crippen molar-refractivity contribution in [1.82, 2.24) is 5.32 Å². The van der Waals surface area contributed by atoms with Gasteiger partial charge in [-0.3, -0.25) is 4.79 Å². The average molecular weight is 239 g/mol. The van der Waals surface area contributed by atoms with Gasteiger partial charge in [0.15, 0.2) is 0 Å². The number of rotatable bonds is 6. The number of halogens is 1. The molecule has 0 aliphatic carbocycles. The number of carbonyl (C=O) groups excluding carboxylic acids is 1. The van der Waals surface area contributed by atoms with E-state index in [1.165, 1.54) is 12.1 Å². The van der Waals surface area contributed by atoms with Crippen molar-refractivity contribution < 1.29 is 13.9 Å². The number of hydrogen-bond donors (Lipinski definition) is 1. The van der Waals surface area contributed by atoms with Crippen molar-refractivity contribution in [3.05, 3.63) is 30.1 Å². The van der Waals surface area contributed by atoms with Crippen molar-refractivity contribution in [3.63, 3.8) is 0 Å². The van der Waals surface area contributed by atoms with Crippen LogP contribution in [0.1, 0.15) is 26.7 Å². The van der Waals surface area contributed by atoms with E-state index in [0.29, 0.717) is 18.7 Å². The van der Waals surface area contributed by atoms with Gasteiger partial charge in [0.1, 0.15) is 17.7 Å². The summed E-state index contributed by atoms with van der Waals surface area (Å²) in [6, 6.07) is 6.01. The molecule has 94 valence electrons. The Hall–Kier alpha value is -1.58. The number of ether oxygens (including phenoxy) is 1. The minimum atomic E-state index is -0.324. The predicted octanol–water partition coefficient (Wildman–Crippen LogP) is 2.51. The molecule has 0 fully saturated rings. The lowest BCUT2D eigenvalue weighted by Crippen LogP contribution is -2.34. The molecule has 0 spiro atoms. The second-order valence-electron chi connectivity index (χ2n) is 3.76. The van der Waals surface area contributed by atoms with Crippen LogP contribution < -0.4 is 10.1 Å². The predicted molar refractivity (Wildman–Crippen MR) is 64.4 cm³/mol. The molecule has 0 heterocycles. The maximum Gasteiger partial charge on any atom is 0.219 e. The molecule has 0 aromatic heterocycles. The molecule has 0 aliphatic rings. The smallest absolute Gasteiger partial charge is 0.219 e. The summed E-state index contributed by atoms with van der Waals surface area (Å²) in [5.41, 5.74) is 0. The van der Waals surface area contributed by atoms with Crippen molar-refractivity contribution in [1.29, 1.82) is 0 Å². The van der Waals surface area contributed by atoms with Crippen LogP contribution in [-0.4, -0.2) is 18.6 Å². The Kier molecular flexibility index (Phi) is 5.46. The molecule has 17 heavy (non-hydrogen) atoms. The Morgan fingerprint density at radius 1 is 1.47 bits per heavy atom. The van der Waals surface area contributed by atoms with Crippen LogP contribution in [0.25, 0.3) is 0 Å². The van der Waals surface area contributed by atoms with Gasteiger partial charge < -0.3 is 10.1 Å². The van der Waals surface area contributed by atoms with Gasteiger partial charge in [0, 0.05) is 12.5 Å². The molecule has 1 N–H and O–H groups in total. The Morgan fingerprint density at radius 2 is 2.24 bits per heavy atom. The zero-order valence-electron chi connectivity index (χ0n) is 10.2. The monoisotopic (exact) mass is 239 g/mol. The van der Waals surface area contributed by atoms with Gasteiger partial charge >= 0.3 is 0 Å². The molecular weight excluding hydrogens is 221 g/mol. The van der Waals surface area contributed by atoms with E-state index >= 15 is 0 Å². The number of hydrogen-bond acceptors (Lipinski definition) is 2. The molecule has 1 rings (SSSR count). The normalized spacial score (nSPS) is 11.9. The van der Waals surface area contributed by atoms with Crippen molar-refractivity contribution >= 4 is 5.91 Å². The van der Waals surface area contributed by atoms with Crippen molar-refractivity contribution in [2.45, 2.75) is 32.8 Å². The first-order valence-electron chi connectivity index (χ1n) is 5.84. The Bertz CT molecular complexity index is 368. The van der Waals surface area contributed by atoms with E-state index in [1.54, 1.807) is 19.1 Å². The maximum absolute atomic E-state index is 12.9. The van der Waals surface area contributed by atoms with Crippen LogP contribution in [0.2, 0.25) is 0 Å². The molecule has 1 atom stereocenters. The second kappa shape index (κ2) is 6.89. The van der Waals surface area contributed by atoms with Gasteiger partial charge in [0.25, 0.3) is 0 Å². The third-order valence-electron chi connectivity index (χ3n) is 2.40. The molecule has 0 bridgehead atoms. The van der Waals surface area contributed by atoms with Gasteiger partial charge in [0.2, 0.25) is 5.91 Å². The fraction of sp³-hybridized carbons (Fsp3) is 0.462. The van der Waals surface area contributed by atoms with E-state index in [0.717, 1.165) is 6.42 Å². The SMILES string of the molecule is CCC(=O)NC[C@H](CC)Oc1cccc(F)c1. The Labute approximate surface area is 101 Å². The summed E-state index contributed by atoms with van der Waals surface area (Å²) in [5, 5.41) is 2.76. The van der Waals surface area contributed by atoms with Gasteiger partial charge in [-0.15, -0.1) is 0 Å². The van der Waals surface area contributed by atoms with Gasteiger partial charge in [0.05, 0.1) is 6.54 Å². The largest absolute Gasteiger partial charge is 0.489 e. The maximum atomic E-state index is 12.9. The van der Waals surface area contributed by atoms with Crippen LogP contribution in [0.3, 0.4) is 0 Å². The summed E-state index contributed by atoms with van der Waals surface area (Å²) >= 11 is 0. The first kappa shape index (κ1) is 13.5. The van der Waals surface area contributed by atoms with E-state index in [1.807, 2.05) is 6.92 Å². The number of benzene rings is 1. The number of nitrogens with one attached hydrogen (secondary N) is 1. The highest BCUT2D eigenvalue weighted by Crippen LogP contribution is 2.14. The fourth-order valence-corrected chi connectivity index (χ4v) is 1.35. The van der Waals surface area contributed by atoms with Crippen LogP contribution in [0.15, 0.2) is 24.3 Å². The number of carbonyl (C=O) groups is 1. The minimum absolute atomic E-state index is 0.00806. The molecule has 0 radical (unpaired) electrons. The van der Waals surface area contributed by atoms with E-state index in [4.69, 9.17) is 4.74 Å². The fourth-order valence-electron chi connectivity index (χ4n) is 1.35. The van der Waals surface area contributed by atoms with Gasteiger partial charge in [-0.2, -0.15) is 0 Å². The zero-order valence-corrected chi connectivity index (χ0v) is 10.2. The highest BCUT2D eigenvalue weighted by molar-refractivity contribution is 5.75. The van der Waals surface area contributed by atoms with Crippen molar-refractivity contribution in [2.24, 2.45) is 0 Å². The van der Waals surface area contributed by atoms with E-state index < -0.39 is 0 Å². The third kappa shape index (κ3) is 4.85. The van der Waals surface area contributed by atoms with Crippen LogP contribution >= 0.6 is 0 Å². The first-order valence-corrected chi connectivity index (χ1v) is 5.84. The summed E-state index contributed by atoms with van der Waals surface area (Å²) in [6.07, 6.45) is 1.07. The Balaban J connectivity index is 2.49. The van der Waals surface area contributed by atoms with E-state index in [9.17, 15) is 9.18 Å². The summed E-state index contributed by atoms with van der Waals surface area (Å²) in [4.78, 5) is 11.1. The van der Waals surface area contributed by atoms with Crippen LogP contribution in [0, 0.1) is 5.82 Å². The highest BCUT2D eigenvalue weighted by Gasteiger charge is 2.09. The lowest BCUT2D eigenvalue weighted by molar-refractivity contribution is -0.121. The molecule has 3 nitrogen and oxygen atoms in total. The Morgan fingerprint density at radius 3 is 2.82 bits per heavy atom. The lowest BCUT2D eigenvalue weighted by Gasteiger charge is -2.18. The summed E-state index contributed by atoms with van der Waals surface area (Å²) in [5.74, 6) is 0.156. The third-order valence-corrected chi connectivity index (χ3v) is 2.40. The molecule has 1 aromatic rings. The number of amides is 1. The standard InChI is InChI=1S/C13H18FNO2/c1-3-11(9-15-13(16)4-2)17-12-7-5-6-10(14)8-12/h5-8,11H,3-4,9H2,1-2H3,(H,15,16)/t11-/m0/s1. The van der Waals surface area contributed by atoms with E-state index in [2.05, 4.69) is 5.32 Å². The quantitative estimate of drug-likeness (QED) is 0.828. The molecule has 0 saturated heterocycles. The summed E-state index contributed by atoms with van der Waals surface area (Å²) in [6.45, 7) is 4.20. The molecule has 4 heteroatoms. The summed E-state index contributed by atoms with van der Waals surface area (Å²) in [7, 11) is 0. The summed E-state index contributed by atoms with van der Waals surface area (Å²) < 4.78 is 18.5. The lowest BCUT2D eigenvalue weighted by atomic mass is 10.2. The minimum Gasteiger partial charge on any atom is -0.489 e. The topological polar surface area (TPSA) is 38.3 Å². The van der Waals surface area contributed by atoms with Crippen molar-refractivity contribution in [2.75, 3.05) is 6.54 Å². The van der Waals surface area contributed by atoms with Crippen molar-refractivity contribution in [3.8, 4) is 5.75 Å². The molecule has 0 aliphatic heterocycles. The van der Waals surface area contributed by atoms with E-state index in [-0.39, 0.29) is 17.8 Å². The molecule has 1 aromatic carbocycles. The van der Waals surface area contributed by atoms with Gasteiger partial charge in [-0.1, -0.05) is 19.9 Å². The molecule has 1 amide bonds. The molecular formula is C13H18FNO2. The van der Waals surface area contributed by atoms with Crippen LogP contribution in [0.4, 0.5) is 4.39 Å². The highest BCUT2D eigenvalue weighted by atomic mass is 19.1. The van der Waals surface area contributed by atoms with Crippen LogP contribution in [-0.2, 0) is 4.79 Å². The second-order valence-corrected chi connectivity index (χ2v) is 3.76.